The maximum atomic E-state index is 11.5. The normalized spacial score (nSPS) is 17.5. The molecule has 0 bridgehead atoms. The van der Waals surface area contributed by atoms with E-state index in [4.69, 9.17) is 0 Å². The van der Waals surface area contributed by atoms with Crippen molar-refractivity contribution >= 4 is 6.03 Å². The highest BCUT2D eigenvalue weighted by atomic mass is 16.2. The Balaban J connectivity index is 2.18. The van der Waals surface area contributed by atoms with E-state index in [1.807, 2.05) is 19.0 Å². The average molecular weight is 212 g/mol. The summed E-state index contributed by atoms with van der Waals surface area (Å²) in [6.45, 7) is 8.72. The summed E-state index contributed by atoms with van der Waals surface area (Å²) in [5.74, 6) is 0.730. The number of nitrogens with zero attached hydrogens (tertiary/aromatic N) is 2. The van der Waals surface area contributed by atoms with E-state index in [2.05, 4.69) is 20.8 Å². The summed E-state index contributed by atoms with van der Waals surface area (Å²) in [4.78, 5) is 15.1. The van der Waals surface area contributed by atoms with Crippen molar-refractivity contribution < 1.29 is 4.79 Å². The van der Waals surface area contributed by atoms with Gasteiger partial charge in [-0.05, 0) is 24.2 Å². The highest BCUT2D eigenvalue weighted by Crippen LogP contribution is 2.28. The van der Waals surface area contributed by atoms with E-state index in [9.17, 15) is 4.79 Å². The standard InChI is InChI=1S/C12H24N2O/c1-12(2,3)7-6-10-8-14(9-10)11(15)13(4)5/h10H,6-9H2,1-5H3. The number of amides is 2. The predicted molar refractivity (Wildman–Crippen MR) is 62.8 cm³/mol. The van der Waals surface area contributed by atoms with Gasteiger partial charge in [0.05, 0.1) is 0 Å². The second-order valence-electron chi connectivity index (χ2n) is 6.05. The second kappa shape index (κ2) is 4.42. The zero-order valence-corrected chi connectivity index (χ0v) is 10.7. The molecule has 1 heterocycles. The third-order valence-electron chi connectivity index (χ3n) is 2.91. The quantitative estimate of drug-likeness (QED) is 0.689. The minimum Gasteiger partial charge on any atom is -0.331 e. The van der Waals surface area contributed by atoms with E-state index in [1.165, 1.54) is 12.8 Å². The second-order valence-corrected chi connectivity index (χ2v) is 6.05. The maximum absolute atomic E-state index is 11.5. The van der Waals surface area contributed by atoms with Crippen LogP contribution in [-0.4, -0.2) is 43.0 Å². The van der Waals surface area contributed by atoms with Crippen LogP contribution in [0.1, 0.15) is 33.6 Å². The van der Waals surface area contributed by atoms with E-state index in [1.54, 1.807) is 4.90 Å². The molecule has 0 aromatic rings. The molecule has 0 N–H and O–H groups in total. The lowest BCUT2D eigenvalue weighted by molar-refractivity contribution is 0.0909. The Labute approximate surface area is 93.4 Å². The first-order chi connectivity index (χ1) is 6.79. The Morgan fingerprint density at radius 1 is 1.33 bits per heavy atom. The van der Waals surface area contributed by atoms with Gasteiger partial charge in [-0.25, -0.2) is 4.79 Å². The number of carbonyl (C=O) groups is 1. The summed E-state index contributed by atoms with van der Waals surface area (Å²) in [5.41, 5.74) is 0.423. The molecule has 2 amide bonds. The molecule has 1 aliphatic heterocycles. The van der Waals surface area contributed by atoms with E-state index < -0.39 is 0 Å². The third kappa shape index (κ3) is 3.73. The molecule has 15 heavy (non-hydrogen) atoms. The molecule has 0 spiro atoms. The topological polar surface area (TPSA) is 23.6 Å². The van der Waals surface area contributed by atoms with Crippen molar-refractivity contribution in [3.63, 3.8) is 0 Å². The lowest BCUT2D eigenvalue weighted by atomic mass is 9.84. The van der Waals surface area contributed by atoms with Crippen LogP contribution in [0.25, 0.3) is 0 Å². The summed E-state index contributed by atoms with van der Waals surface area (Å²) in [5, 5.41) is 0. The van der Waals surface area contributed by atoms with Crippen LogP contribution in [0.2, 0.25) is 0 Å². The van der Waals surface area contributed by atoms with E-state index in [0.717, 1.165) is 19.0 Å². The summed E-state index contributed by atoms with van der Waals surface area (Å²) >= 11 is 0. The number of hydrogen-bond donors (Lipinski definition) is 0. The molecule has 1 rings (SSSR count). The number of urea groups is 1. The Hall–Kier alpha value is -0.730. The van der Waals surface area contributed by atoms with E-state index in [-0.39, 0.29) is 6.03 Å². The molecule has 0 aromatic heterocycles. The van der Waals surface area contributed by atoms with Gasteiger partial charge in [-0.15, -0.1) is 0 Å². The van der Waals surface area contributed by atoms with Gasteiger partial charge in [-0.2, -0.15) is 0 Å². The lowest BCUT2D eigenvalue weighted by Gasteiger charge is -2.41. The van der Waals surface area contributed by atoms with Crippen LogP contribution < -0.4 is 0 Å². The fourth-order valence-electron chi connectivity index (χ4n) is 1.83. The van der Waals surface area contributed by atoms with Gasteiger partial charge < -0.3 is 9.80 Å². The zero-order chi connectivity index (χ0) is 11.6. The summed E-state index contributed by atoms with van der Waals surface area (Å²) < 4.78 is 0. The average Bonchev–Trinajstić information content (AvgIpc) is 1.98. The van der Waals surface area contributed by atoms with Crippen molar-refractivity contribution in [2.24, 2.45) is 11.3 Å². The number of likely N-dealkylation sites (tertiary alicyclic amines) is 1. The molecule has 3 nitrogen and oxygen atoms in total. The Bertz CT molecular complexity index is 224. The maximum Gasteiger partial charge on any atom is 0.319 e. The van der Waals surface area contributed by atoms with Gasteiger partial charge in [-0.3, -0.25) is 0 Å². The molecule has 1 aliphatic rings. The Morgan fingerprint density at radius 2 is 1.87 bits per heavy atom. The highest BCUT2D eigenvalue weighted by molar-refractivity contribution is 5.74. The monoisotopic (exact) mass is 212 g/mol. The van der Waals surface area contributed by atoms with Crippen LogP contribution in [0.3, 0.4) is 0 Å². The van der Waals surface area contributed by atoms with Gasteiger partial charge in [0.25, 0.3) is 0 Å². The number of rotatable bonds is 2. The van der Waals surface area contributed by atoms with Gasteiger partial charge in [0, 0.05) is 27.2 Å². The molecule has 0 radical (unpaired) electrons. The van der Waals surface area contributed by atoms with Gasteiger partial charge >= 0.3 is 6.03 Å². The largest absolute Gasteiger partial charge is 0.331 e. The fraction of sp³-hybridized carbons (Fsp3) is 0.917. The minimum atomic E-state index is 0.155. The highest BCUT2D eigenvalue weighted by Gasteiger charge is 2.31. The summed E-state index contributed by atoms with van der Waals surface area (Å²) in [6.07, 6.45) is 2.50. The van der Waals surface area contributed by atoms with Crippen LogP contribution in [0.15, 0.2) is 0 Å². The van der Waals surface area contributed by atoms with Crippen LogP contribution in [-0.2, 0) is 0 Å². The van der Waals surface area contributed by atoms with E-state index >= 15 is 0 Å². The smallest absolute Gasteiger partial charge is 0.319 e. The first-order valence-electron chi connectivity index (χ1n) is 5.76. The third-order valence-corrected chi connectivity index (χ3v) is 2.91. The molecule has 3 heteroatoms. The predicted octanol–water partition coefficient (Wildman–Crippen LogP) is 2.43. The van der Waals surface area contributed by atoms with Gasteiger partial charge in [0.2, 0.25) is 0 Å². The number of carbonyl (C=O) groups excluding carboxylic acids is 1. The van der Waals surface area contributed by atoms with Crippen LogP contribution >= 0.6 is 0 Å². The van der Waals surface area contributed by atoms with E-state index in [0.29, 0.717) is 5.41 Å². The van der Waals surface area contributed by atoms with Crippen LogP contribution in [0.4, 0.5) is 4.79 Å². The van der Waals surface area contributed by atoms with Gasteiger partial charge in [0.1, 0.15) is 0 Å². The Kier molecular flexibility index (Phi) is 3.63. The van der Waals surface area contributed by atoms with Crippen molar-refractivity contribution in [1.82, 2.24) is 9.80 Å². The van der Waals surface area contributed by atoms with Crippen molar-refractivity contribution in [1.29, 1.82) is 0 Å². The first-order valence-corrected chi connectivity index (χ1v) is 5.76. The lowest BCUT2D eigenvalue weighted by Crippen LogP contribution is -2.53. The summed E-state index contributed by atoms with van der Waals surface area (Å²) in [6, 6.07) is 0.155. The molecule has 0 atom stereocenters. The van der Waals surface area contributed by atoms with Gasteiger partial charge in [0.15, 0.2) is 0 Å². The minimum absolute atomic E-state index is 0.155. The molecule has 0 aliphatic carbocycles. The molecule has 0 unspecified atom stereocenters. The van der Waals surface area contributed by atoms with Crippen molar-refractivity contribution in [2.75, 3.05) is 27.2 Å². The fourth-order valence-corrected chi connectivity index (χ4v) is 1.83. The molecule has 88 valence electrons. The van der Waals surface area contributed by atoms with Gasteiger partial charge in [-0.1, -0.05) is 20.8 Å². The molecular weight excluding hydrogens is 188 g/mol. The molecular formula is C12H24N2O. The van der Waals surface area contributed by atoms with Crippen molar-refractivity contribution in [2.45, 2.75) is 33.6 Å². The van der Waals surface area contributed by atoms with Crippen molar-refractivity contribution in [3.05, 3.63) is 0 Å². The zero-order valence-electron chi connectivity index (χ0n) is 10.7. The Morgan fingerprint density at radius 3 is 2.27 bits per heavy atom. The SMILES string of the molecule is CN(C)C(=O)N1CC(CCC(C)(C)C)C1. The van der Waals surface area contributed by atoms with Crippen molar-refractivity contribution in [3.8, 4) is 0 Å². The number of hydrogen-bond acceptors (Lipinski definition) is 1. The van der Waals surface area contributed by atoms with Crippen LogP contribution in [0.5, 0.6) is 0 Å². The first kappa shape index (κ1) is 12.3. The molecule has 1 saturated heterocycles. The molecule has 0 saturated carbocycles. The molecule has 0 aromatic carbocycles. The van der Waals surface area contributed by atoms with Crippen LogP contribution in [0, 0.1) is 11.3 Å². The molecule has 1 fully saturated rings. The summed E-state index contributed by atoms with van der Waals surface area (Å²) in [7, 11) is 3.62.